The van der Waals surface area contributed by atoms with E-state index < -0.39 is 31.6 Å². The van der Waals surface area contributed by atoms with Gasteiger partial charge in [0.05, 0.1) is 11.9 Å². The van der Waals surface area contributed by atoms with Gasteiger partial charge in [-0.15, -0.1) is 0 Å². The van der Waals surface area contributed by atoms with E-state index >= 15 is 0 Å². The number of hydrogen-bond acceptors (Lipinski definition) is 6. The van der Waals surface area contributed by atoms with E-state index in [9.17, 15) is 32.8 Å². The van der Waals surface area contributed by atoms with E-state index in [1.165, 1.54) is 6.08 Å². The molecule has 0 aliphatic heterocycles. The summed E-state index contributed by atoms with van der Waals surface area (Å²) in [5, 5.41) is 18.8. The maximum Gasteiger partial charge on any atom is 0.268 e. The van der Waals surface area contributed by atoms with Crippen molar-refractivity contribution in [3.8, 4) is 11.8 Å². The number of aliphatic hydroxyl groups is 2. The number of carbonyl (C=O) groups excluding carboxylic acids is 2. The van der Waals surface area contributed by atoms with E-state index in [0.717, 1.165) is 27.9 Å². The van der Waals surface area contributed by atoms with Crippen molar-refractivity contribution in [2.45, 2.75) is 86.3 Å². The average Bonchev–Trinajstić information content (AvgIpc) is 3.24. The van der Waals surface area contributed by atoms with E-state index in [4.69, 9.17) is 0 Å². The van der Waals surface area contributed by atoms with Crippen LogP contribution in [0.3, 0.4) is 0 Å². The third-order valence-corrected chi connectivity index (χ3v) is 10.6. The number of rotatable bonds is 12. The predicted octanol–water partition coefficient (Wildman–Crippen LogP) is 7.30. The first-order valence-electron chi connectivity index (χ1n) is 16.2. The number of aliphatic hydroxyl groups excluding tert-OH is 2. The average molecular weight is 677 g/mol. The second-order valence-corrected chi connectivity index (χ2v) is 15.9. The molecule has 1 fully saturated rings. The van der Waals surface area contributed by atoms with Gasteiger partial charge >= 0.3 is 0 Å². The second-order valence-electron chi connectivity index (χ2n) is 14.2. The van der Waals surface area contributed by atoms with E-state index in [0.29, 0.717) is 5.57 Å². The molecule has 0 saturated heterocycles. The molecule has 1 saturated carbocycles. The smallest absolute Gasteiger partial charge is 0.268 e. The Morgan fingerprint density at radius 1 is 0.854 bits per heavy atom. The van der Waals surface area contributed by atoms with Crippen LogP contribution in [0.1, 0.15) is 81.1 Å². The standard InChI is InChI=1S/C40H52O7S/c1-29(15-11-16-31(3)19-22-37(44)40(8)25-34(43)24-39(40,7)28-42)13-9-10-14-30(2)17-12-18-33(27-41)20-21-36-32(4)23-35(48(45,46)47)26-38(36,5)6/h9-19,22,35,41-42H,23-28H2,1-8H3,(H,45,46,47)/b10-9+,15-11+,17-12+,22-19+,29-13+,30-14+,31-16+,33-18-/t35-,39+,40+/m1/s1. The Balaban J connectivity index is 1.98. The number of carbonyl (C=O) groups is 2. The fourth-order valence-corrected chi connectivity index (χ4v) is 7.17. The maximum atomic E-state index is 13.0. The third-order valence-electron chi connectivity index (χ3n) is 9.38. The SMILES string of the molecule is CC1=C(C#C/C(=C/C=C/C(C)=C/C=C/C=C(C)/C=C/C=C(C)/C=C/C(=O)[C@]2(C)CC(=O)C[C@@]2(C)CO)CO)C(C)(C)C[C@H](S(=O)(=O)O)C1. The maximum absolute atomic E-state index is 13.0. The highest BCUT2D eigenvalue weighted by Crippen LogP contribution is 2.51. The van der Waals surface area contributed by atoms with Crippen LogP contribution in [0.25, 0.3) is 0 Å². The van der Waals surface area contributed by atoms with Crippen molar-refractivity contribution in [3.63, 3.8) is 0 Å². The van der Waals surface area contributed by atoms with Gasteiger partial charge in [-0.05, 0) is 58.1 Å². The van der Waals surface area contributed by atoms with E-state index in [1.807, 2.05) is 96.2 Å². The highest BCUT2D eigenvalue weighted by Gasteiger charge is 2.55. The molecular weight excluding hydrogens is 625 g/mol. The van der Waals surface area contributed by atoms with E-state index in [-0.39, 0.29) is 50.5 Å². The highest BCUT2D eigenvalue weighted by atomic mass is 32.2. The molecule has 0 aromatic heterocycles. The molecule has 260 valence electrons. The molecular formula is C40H52O7S. The van der Waals surface area contributed by atoms with Gasteiger partial charge in [0.2, 0.25) is 0 Å². The van der Waals surface area contributed by atoms with Crippen LogP contribution >= 0.6 is 0 Å². The van der Waals surface area contributed by atoms with Crippen LogP contribution in [0.15, 0.2) is 106 Å². The first kappa shape index (κ1) is 40.6. The summed E-state index contributed by atoms with van der Waals surface area (Å²) in [6, 6.07) is 0. The highest BCUT2D eigenvalue weighted by molar-refractivity contribution is 7.86. The topological polar surface area (TPSA) is 129 Å². The summed E-state index contributed by atoms with van der Waals surface area (Å²) in [6.45, 7) is 14.6. The molecule has 7 nitrogen and oxygen atoms in total. The predicted molar refractivity (Wildman–Crippen MR) is 194 cm³/mol. The quantitative estimate of drug-likeness (QED) is 0.0856. The minimum absolute atomic E-state index is 0.00670. The summed E-state index contributed by atoms with van der Waals surface area (Å²) in [4.78, 5) is 25.0. The summed E-state index contributed by atoms with van der Waals surface area (Å²) in [7, 11) is -4.13. The summed E-state index contributed by atoms with van der Waals surface area (Å²) < 4.78 is 32.9. The van der Waals surface area contributed by atoms with Crippen molar-refractivity contribution in [1.29, 1.82) is 0 Å². The molecule has 0 spiro atoms. The molecule has 0 radical (unpaired) electrons. The number of hydrogen-bond donors (Lipinski definition) is 3. The first-order valence-corrected chi connectivity index (χ1v) is 17.7. The van der Waals surface area contributed by atoms with Crippen LogP contribution in [0.4, 0.5) is 0 Å². The fraction of sp³-hybridized carbons (Fsp3) is 0.450. The Morgan fingerprint density at radius 2 is 1.40 bits per heavy atom. The molecule has 2 aliphatic carbocycles. The minimum Gasteiger partial charge on any atom is -0.396 e. The van der Waals surface area contributed by atoms with Crippen LogP contribution in [0.2, 0.25) is 0 Å². The zero-order valence-electron chi connectivity index (χ0n) is 29.6. The van der Waals surface area contributed by atoms with Crippen LogP contribution < -0.4 is 0 Å². The Hall–Kier alpha value is -3.61. The van der Waals surface area contributed by atoms with Crippen LogP contribution in [0.5, 0.6) is 0 Å². The Kier molecular flexibility index (Phi) is 14.5. The molecule has 2 aliphatic rings. The van der Waals surface area contributed by atoms with Gasteiger partial charge in [0.15, 0.2) is 5.78 Å². The van der Waals surface area contributed by atoms with Gasteiger partial charge in [-0.25, -0.2) is 0 Å². The zero-order valence-corrected chi connectivity index (χ0v) is 30.4. The normalized spacial score (nSPS) is 26.4. The Bertz CT molecular complexity index is 1690. The van der Waals surface area contributed by atoms with Gasteiger partial charge in [0, 0.05) is 41.4 Å². The summed E-state index contributed by atoms with van der Waals surface area (Å²) in [5.74, 6) is 6.02. The van der Waals surface area contributed by atoms with Crippen molar-refractivity contribution < 1.29 is 32.8 Å². The molecule has 0 bridgehead atoms. The van der Waals surface area contributed by atoms with Gasteiger partial charge in [-0.2, -0.15) is 8.42 Å². The molecule has 48 heavy (non-hydrogen) atoms. The zero-order chi connectivity index (χ0) is 36.3. The first-order chi connectivity index (χ1) is 22.3. The molecule has 2 rings (SSSR count). The largest absolute Gasteiger partial charge is 0.396 e. The lowest BCUT2D eigenvalue weighted by Gasteiger charge is -2.36. The molecule has 3 atom stereocenters. The van der Waals surface area contributed by atoms with Crippen LogP contribution in [-0.4, -0.2) is 53.2 Å². The Morgan fingerprint density at radius 3 is 1.92 bits per heavy atom. The third kappa shape index (κ3) is 11.2. The fourth-order valence-electron chi connectivity index (χ4n) is 6.08. The Labute approximate surface area is 287 Å². The van der Waals surface area contributed by atoms with Crippen molar-refractivity contribution in [2.75, 3.05) is 13.2 Å². The summed E-state index contributed by atoms with van der Waals surface area (Å²) >= 11 is 0. The van der Waals surface area contributed by atoms with E-state index in [2.05, 4.69) is 11.8 Å². The van der Waals surface area contributed by atoms with Crippen molar-refractivity contribution >= 4 is 21.7 Å². The van der Waals surface area contributed by atoms with Crippen molar-refractivity contribution in [2.24, 2.45) is 16.2 Å². The molecule has 8 heteroatoms. The van der Waals surface area contributed by atoms with Gasteiger partial charge in [-0.1, -0.05) is 123 Å². The number of ketones is 2. The molecule has 3 N–H and O–H groups in total. The summed E-state index contributed by atoms with van der Waals surface area (Å²) in [6.07, 6.45) is 23.2. The lowest BCUT2D eigenvalue weighted by Crippen LogP contribution is -2.41. The number of allylic oxidation sites excluding steroid dienone is 17. The van der Waals surface area contributed by atoms with Crippen LogP contribution in [0, 0.1) is 28.1 Å². The molecule has 0 unspecified atom stereocenters. The monoisotopic (exact) mass is 676 g/mol. The molecule has 0 heterocycles. The lowest BCUT2D eigenvalue weighted by molar-refractivity contribution is -0.130. The van der Waals surface area contributed by atoms with Crippen LogP contribution in [-0.2, 0) is 19.7 Å². The minimum atomic E-state index is -4.13. The molecule has 0 aromatic rings. The summed E-state index contributed by atoms with van der Waals surface area (Å²) in [5.41, 5.74) is 2.94. The van der Waals surface area contributed by atoms with Crippen molar-refractivity contribution in [3.05, 3.63) is 106 Å². The lowest BCUT2D eigenvalue weighted by atomic mass is 9.66. The molecule has 0 amide bonds. The van der Waals surface area contributed by atoms with E-state index in [1.54, 1.807) is 26.0 Å². The van der Waals surface area contributed by atoms with Gasteiger partial charge < -0.3 is 10.2 Å². The molecule has 0 aromatic carbocycles. The van der Waals surface area contributed by atoms with Gasteiger partial charge in [0.25, 0.3) is 10.1 Å². The second kappa shape index (κ2) is 17.2. The number of Topliss-reactive ketones (excluding diaryl/α,β-unsaturated/α-hetero) is 1. The van der Waals surface area contributed by atoms with Crippen molar-refractivity contribution in [1.82, 2.24) is 0 Å². The van der Waals surface area contributed by atoms with Gasteiger partial charge in [-0.3, -0.25) is 14.1 Å². The van der Waals surface area contributed by atoms with Gasteiger partial charge in [0.1, 0.15) is 5.78 Å².